The van der Waals surface area contributed by atoms with Gasteiger partial charge in [-0.2, -0.15) is 0 Å². The minimum Gasteiger partial charge on any atom is -0.306 e. The first kappa shape index (κ1) is 13.2. The number of alkyl halides is 1. The first-order chi connectivity index (χ1) is 8.91. The molecule has 1 saturated carbocycles. The summed E-state index contributed by atoms with van der Waals surface area (Å²) in [6.07, 6.45) is 4.19. The van der Waals surface area contributed by atoms with Crippen LogP contribution >= 0.6 is 23.2 Å². The fourth-order valence-electron chi connectivity index (χ4n) is 2.77. The molecular weight excluding hydrogens is 281 g/mol. The topological polar surface area (TPSA) is 30.7 Å². The van der Waals surface area contributed by atoms with Gasteiger partial charge < -0.3 is 4.57 Å². The summed E-state index contributed by atoms with van der Waals surface area (Å²) in [6, 6.07) is 1.85. The lowest BCUT2D eigenvalue weighted by atomic mass is 9.98. The molecule has 102 valence electrons. The third kappa shape index (κ3) is 2.13. The van der Waals surface area contributed by atoms with Gasteiger partial charge in [0.1, 0.15) is 11.3 Å². The molecule has 3 nitrogen and oxygen atoms in total. The van der Waals surface area contributed by atoms with Crippen molar-refractivity contribution in [3.05, 3.63) is 23.1 Å². The lowest BCUT2D eigenvalue weighted by Gasteiger charge is -2.29. The first-order valence-electron chi connectivity index (χ1n) is 6.59. The zero-order valence-electron chi connectivity index (χ0n) is 11.3. The van der Waals surface area contributed by atoms with Gasteiger partial charge >= 0.3 is 0 Å². The number of hydrogen-bond acceptors (Lipinski definition) is 2. The highest BCUT2D eigenvalue weighted by Gasteiger charge is 2.41. The Morgan fingerprint density at radius 1 is 1.42 bits per heavy atom. The highest BCUT2D eigenvalue weighted by molar-refractivity contribution is 6.31. The molecule has 5 heteroatoms. The summed E-state index contributed by atoms with van der Waals surface area (Å²) < 4.78 is 2.20. The molecule has 2 aromatic heterocycles. The molecule has 1 unspecified atom stereocenters. The van der Waals surface area contributed by atoms with Gasteiger partial charge in [0, 0.05) is 11.7 Å². The maximum absolute atomic E-state index is 6.31. The van der Waals surface area contributed by atoms with Crippen molar-refractivity contribution in [1.29, 1.82) is 0 Å². The normalized spacial score (nSPS) is 17.9. The zero-order chi connectivity index (χ0) is 13.8. The van der Waals surface area contributed by atoms with Gasteiger partial charge in [-0.15, -0.1) is 11.6 Å². The SMILES string of the molecule is CC(Cl)c1nc2cc(Cl)cnc2n1C(C)(C)C1CC1. The van der Waals surface area contributed by atoms with Gasteiger partial charge in [0.05, 0.1) is 10.4 Å². The van der Waals surface area contributed by atoms with E-state index in [1.807, 2.05) is 13.0 Å². The van der Waals surface area contributed by atoms with E-state index in [1.54, 1.807) is 6.20 Å². The number of nitrogens with zero attached hydrogens (tertiary/aromatic N) is 3. The molecule has 0 spiro atoms. The zero-order valence-corrected chi connectivity index (χ0v) is 12.8. The van der Waals surface area contributed by atoms with E-state index in [1.165, 1.54) is 12.8 Å². The van der Waals surface area contributed by atoms with Gasteiger partial charge in [0.25, 0.3) is 0 Å². The lowest BCUT2D eigenvalue weighted by molar-refractivity contribution is 0.302. The van der Waals surface area contributed by atoms with E-state index in [0.29, 0.717) is 10.9 Å². The number of hydrogen-bond donors (Lipinski definition) is 0. The molecule has 0 amide bonds. The van der Waals surface area contributed by atoms with Crippen molar-refractivity contribution >= 4 is 34.4 Å². The predicted molar refractivity (Wildman–Crippen MR) is 78.9 cm³/mol. The predicted octanol–water partition coefficient (Wildman–Crippen LogP) is 4.53. The van der Waals surface area contributed by atoms with Crippen molar-refractivity contribution in [3.63, 3.8) is 0 Å². The molecule has 1 fully saturated rings. The van der Waals surface area contributed by atoms with Crippen LogP contribution in [0, 0.1) is 5.92 Å². The Balaban J connectivity index is 2.27. The summed E-state index contributed by atoms with van der Waals surface area (Å²) in [4.78, 5) is 9.10. The molecule has 2 aromatic rings. The standard InChI is InChI=1S/C14H17Cl2N3/c1-8(15)12-18-11-6-10(16)7-17-13(11)19(12)14(2,3)9-4-5-9/h6-9H,4-5H2,1-3H3. The molecule has 1 aliphatic carbocycles. The van der Waals surface area contributed by atoms with Crippen LogP contribution in [0.25, 0.3) is 11.2 Å². The third-order valence-corrected chi connectivity index (χ3v) is 4.40. The third-order valence-electron chi connectivity index (χ3n) is 4.00. The average Bonchev–Trinajstić information content (AvgIpc) is 3.10. The number of fused-ring (bicyclic) bond motifs is 1. The second-order valence-corrected chi connectivity index (χ2v) is 6.94. The molecule has 19 heavy (non-hydrogen) atoms. The van der Waals surface area contributed by atoms with E-state index in [4.69, 9.17) is 23.2 Å². The van der Waals surface area contributed by atoms with Crippen molar-refractivity contribution in [2.24, 2.45) is 5.92 Å². The summed E-state index contributed by atoms with van der Waals surface area (Å²) in [5.41, 5.74) is 1.70. The number of pyridine rings is 1. The largest absolute Gasteiger partial charge is 0.306 e. The number of imidazole rings is 1. The van der Waals surface area contributed by atoms with Gasteiger partial charge in [-0.1, -0.05) is 11.6 Å². The molecule has 1 atom stereocenters. The maximum Gasteiger partial charge on any atom is 0.160 e. The highest BCUT2D eigenvalue weighted by atomic mass is 35.5. The molecule has 0 radical (unpaired) electrons. The van der Waals surface area contributed by atoms with Crippen molar-refractivity contribution in [3.8, 4) is 0 Å². The van der Waals surface area contributed by atoms with Gasteiger partial charge in [-0.3, -0.25) is 0 Å². The number of rotatable bonds is 3. The summed E-state index contributed by atoms with van der Waals surface area (Å²) in [5.74, 6) is 1.56. The summed E-state index contributed by atoms with van der Waals surface area (Å²) >= 11 is 12.3. The molecule has 3 rings (SSSR count). The minimum atomic E-state index is -0.147. The van der Waals surface area contributed by atoms with Gasteiger partial charge in [-0.05, 0) is 45.6 Å². The molecule has 0 bridgehead atoms. The molecule has 2 heterocycles. The van der Waals surface area contributed by atoms with Crippen LogP contribution in [0.3, 0.4) is 0 Å². The first-order valence-corrected chi connectivity index (χ1v) is 7.41. The van der Waals surface area contributed by atoms with Crippen LogP contribution in [-0.4, -0.2) is 14.5 Å². The lowest BCUT2D eigenvalue weighted by Crippen LogP contribution is -2.30. The van der Waals surface area contributed by atoms with E-state index < -0.39 is 0 Å². The Morgan fingerprint density at radius 2 is 2.11 bits per heavy atom. The summed E-state index contributed by atoms with van der Waals surface area (Å²) in [5, 5.41) is 0.459. The van der Waals surface area contributed by atoms with Crippen molar-refractivity contribution in [1.82, 2.24) is 14.5 Å². The van der Waals surface area contributed by atoms with Crippen LogP contribution in [0.2, 0.25) is 5.02 Å². The Morgan fingerprint density at radius 3 is 2.68 bits per heavy atom. The maximum atomic E-state index is 6.31. The minimum absolute atomic E-state index is 0.00589. The Kier molecular flexibility index (Phi) is 3.02. The second kappa shape index (κ2) is 4.35. The van der Waals surface area contributed by atoms with Crippen LogP contribution in [0.1, 0.15) is 44.8 Å². The second-order valence-electron chi connectivity index (χ2n) is 5.85. The number of aromatic nitrogens is 3. The Hall–Kier alpha value is -0.800. The molecule has 0 aliphatic heterocycles. The van der Waals surface area contributed by atoms with E-state index in [2.05, 4.69) is 28.4 Å². The van der Waals surface area contributed by atoms with E-state index in [0.717, 1.165) is 17.0 Å². The fourth-order valence-corrected chi connectivity index (χ4v) is 3.06. The van der Waals surface area contributed by atoms with Crippen LogP contribution in [-0.2, 0) is 5.54 Å². The molecule has 0 aromatic carbocycles. The smallest absolute Gasteiger partial charge is 0.160 e. The van der Waals surface area contributed by atoms with Crippen LogP contribution in [0.4, 0.5) is 0 Å². The van der Waals surface area contributed by atoms with Crippen LogP contribution in [0.15, 0.2) is 12.3 Å². The van der Waals surface area contributed by atoms with Gasteiger partial charge in [-0.25, -0.2) is 9.97 Å². The molecule has 0 saturated heterocycles. The molecule has 0 N–H and O–H groups in total. The van der Waals surface area contributed by atoms with E-state index in [-0.39, 0.29) is 10.9 Å². The van der Waals surface area contributed by atoms with Crippen molar-refractivity contribution in [2.75, 3.05) is 0 Å². The van der Waals surface area contributed by atoms with Crippen LogP contribution in [0.5, 0.6) is 0 Å². The Bertz CT molecular complexity index is 627. The summed E-state index contributed by atoms with van der Waals surface area (Å²) in [6.45, 7) is 6.43. The summed E-state index contributed by atoms with van der Waals surface area (Å²) in [7, 11) is 0. The van der Waals surface area contributed by atoms with E-state index >= 15 is 0 Å². The fraction of sp³-hybridized carbons (Fsp3) is 0.571. The average molecular weight is 298 g/mol. The quantitative estimate of drug-likeness (QED) is 0.779. The van der Waals surface area contributed by atoms with Crippen LogP contribution < -0.4 is 0 Å². The van der Waals surface area contributed by atoms with Gasteiger partial charge in [0.15, 0.2) is 5.65 Å². The van der Waals surface area contributed by atoms with Crippen molar-refractivity contribution < 1.29 is 0 Å². The number of halogens is 2. The van der Waals surface area contributed by atoms with Gasteiger partial charge in [0.2, 0.25) is 0 Å². The Labute approximate surface area is 122 Å². The van der Waals surface area contributed by atoms with E-state index in [9.17, 15) is 0 Å². The molecule has 1 aliphatic rings. The monoisotopic (exact) mass is 297 g/mol. The molecular formula is C14H17Cl2N3. The highest BCUT2D eigenvalue weighted by Crippen LogP contribution is 2.46. The van der Waals surface area contributed by atoms with Crippen molar-refractivity contribution in [2.45, 2.75) is 44.5 Å².